The summed E-state index contributed by atoms with van der Waals surface area (Å²) in [4.78, 5) is 1.90. The zero-order valence-corrected chi connectivity index (χ0v) is 12.2. The number of halogens is 1. The van der Waals surface area contributed by atoms with Gasteiger partial charge in [-0.3, -0.25) is 0 Å². The van der Waals surface area contributed by atoms with Gasteiger partial charge in [0.05, 0.1) is 0 Å². The van der Waals surface area contributed by atoms with Crippen LogP contribution in [0.4, 0.5) is 4.39 Å². The summed E-state index contributed by atoms with van der Waals surface area (Å²) in [5.74, 6) is -0.223. The van der Waals surface area contributed by atoms with E-state index < -0.39 is 0 Å². The molecule has 0 amide bonds. The zero-order chi connectivity index (χ0) is 14.4. The molecule has 4 heteroatoms. The van der Waals surface area contributed by atoms with Gasteiger partial charge in [-0.25, -0.2) is 4.39 Å². The van der Waals surface area contributed by atoms with Crippen molar-refractivity contribution in [3.63, 3.8) is 0 Å². The highest BCUT2D eigenvalue weighted by atomic mass is 32.1. The van der Waals surface area contributed by atoms with Gasteiger partial charge in [0, 0.05) is 20.1 Å². The molecule has 0 aromatic heterocycles. The molecular weight excluding hydrogens is 271 g/mol. The average molecular weight is 288 g/mol. The Morgan fingerprint density at radius 2 is 1.80 bits per heavy atom. The highest BCUT2D eigenvalue weighted by Crippen LogP contribution is 2.06. The maximum Gasteiger partial charge on any atom is 0.169 e. The molecule has 1 N–H and O–H groups in total. The summed E-state index contributed by atoms with van der Waals surface area (Å²) in [6, 6.07) is 16.6. The normalized spacial score (nSPS) is 10.1. The van der Waals surface area contributed by atoms with Gasteiger partial charge in [0.15, 0.2) is 5.11 Å². The highest BCUT2D eigenvalue weighted by Gasteiger charge is 2.05. The molecule has 2 aromatic rings. The first kappa shape index (κ1) is 14.5. The second-order valence-electron chi connectivity index (χ2n) is 4.63. The topological polar surface area (TPSA) is 15.3 Å². The lowest BCUT2D eigenvalue weighted by Crippen LogP contribution is -2.36. The summed E-state index contributed by atoms with van der Waals surface area (Å²) in [5, 5.41) is 3.85. The summed E-state index contributed by atoms with van der Waals surface area (Å²) < 4.78 is 13.1. The molecule has 0 unspecified atom stereocenters. The first-order valence-electron chi connectivity index (χ1n) is 6.42. The van der Waals surface area contributed by atoms with Gasteiger partial charge >= 0.3 is 0 Å². The minimum atomic E-state index is -0.223. The van der Waals surface area contributed by atoms with E-state index in [9.17, 15) is 4.39 Å². The van der Waals surface area contributed by atoms with E-state index in [0.29, 0.717) is 18.2 Å². The van der Waals surface area contributed by atoms with Crippen LogP contribution in [0.1, 0.15) is 11.1 Å². The molecule has 0 saturated carbocycles. The van der Waals surface area contributed by atoms with Gasteiger partial charge in [0.25, 0.3) is 0 Å². The standard InChI is InChI=1S/C16H17FN2S/c1-19(12-14-8-5-9-15(17)10-14)16(20)18-11-13-6-3-2-4-7-13/h2-10H,11-12H2,1H3,(H,18,20). The largest absolute Gasteiger partial charge is 0.358 e. The molecule has 2 nitrogen and oxygen atoms in total. The molecule has 0 saturated heterocycles. The second-order valence-corrected chi connectivity index (χ2v) is 5.02. The van der Waals surface area contributed by atoms with Crippen molar-refractivity contribution in [1.82, 2.24) is 10.2 Å². The van der Waals surface area contributed by atoms with E-state index in [-0.39, 0.29) is 5.82 Å². The first-order valence-corrected chi connectivity index (χ1v) is 6.83. The fourth-order valence-corrected chi connectivity index (χ4v) is 2.03. The average Bonchev–Trinajstić information content (AvgIpc) is 2.46. The molecule has 0 spiro atoms. The van der Waals surface area contributed by atoms with E-state index in [4.69, 9.17) is 12.2 Å². The number of thiocarbonyl (C=S) groups is 1. The number of hydrogen-bond donors (Lipinski definition) is 1. The van der Waals surface area contributed by atoms with Crippen LogP contribution < -0.4 is 5.32 Å². The molecule has 0 bridgehead atoms. The number of hydrogen-bond acceptors (Lipinski definition) is 1. The molecule has 0 fully saturated rings. The highest BCUT2D eigenvalue weighted by molar-refractivity contribution is 7.80. The predicted octanol–water partition coefficient (Wildman–Crippen LogP) is 3.33. The van der Waals surface area contributed by atoms with E-state index in [1.54, 1.807) is 6.07 Å². The van der Waals surface area contributed by atoms with Crippen LogP contribution in [0.15, 0.2) is 54.6 Å². The Morgan fingerprint density at radius 1 is 1.10 bits per heavy atom. The van der Waals surface area contributed by atoms with Crippen molar-refractivity contribution in [3.05, 3.63) is 71.5 Å². The Labute approximate surface area is 124 Å². The van der Waals surface area contributed by atoms with Crippen LogP contribution in [0.2, 0.25) is 0 Å². The molecule has 0 aliphatic heterocycles. The molecule has 0 aliphatic rings. The van der Waals surface area contributed by atoms with Crippen LogP contribution in [0.25, 0.3) is 0 Å². The van der Waals surface area contributed by atoms with Crippen LogP contribution in [0, 0.1) is 5.82 Å². The summed E-state index contributed by atoms with van der Waals surface area (Å²) in [5.41, 5.74) is 2.07. The van der Waals surface area contributed by atoms with Crippen molar-refractivity contribution in [1.29, 1.82) is 0 Å². The SMILES string of the molecule is CN(Cc1cccc(F)c1)C(=S)NCc1ccccc1. The monoisotopic (exact) mass is 288 g/mol. The van der Waals surface area contributed by atoms with Crippen LogP contribution in [0.3, 0.4) is 0 Å². The van der Waals surface area contributed by atoms with Gasteiger partial charge in [-0.2, -0.15) is 0 Å². The van der Waals surface area contributed by atoms with Crippen molar-refractivity contribution in [2.75, 3.05) is 7.05 Å². The third kappa shape index (κ3) is 4.31. The number of rotatable bonds is 4. The predicted molar refractivity (Wildman–Crippen MR) is 83.7 cm³/mol. The maximum absolute atomic E-state index is 13.1. The van der Waals surface area contributed by atoms with Gasteiger partial charge in [-0.1, -0.05) is 42.5 Å². The van der Waals surface area contributed by atoms with Crippen molar-refractivity contribution in [2.45, 2.75) is 13.1 Å². The Hall–Kier alpha value is -1.94. The molecular formula is C16H17FN2S. The van der Waals surface area contributed by atoms with Gasteiger partial charge in [-0.05, 0) is 35.5 Å². The molecule has 0 aliphatic carbocycles. The molecule has 0 heterocycles. The van der Waals surface area contributed by atoms with E-state index >= 15 is 0 Å². The van der Waals surface area contributed by atoms with Crippen LogP contribution in [-0.2, 0) is 13.1 Å². The van der Waals surface area contributed by atoms with Crippen LogP contribution >= 0.6 is 12.2 Å². The van der Waals surface area contributed by atoms with E-state index in [2.05, 4.69) is 5.32 Å². The fraction of sp³-hybridized carbons (Fsp3) is 0.188. The Bertz CT molecular complexity index is 572. The second kappa shape index (κ2) is 7.01. The summed E-state index contributed by atoms with van der Waals surface area (Å²) in [6.45, 7) is 1.27. The summed E-state index contributed by atoms with van der Waals surface area (Å²) in [7, 11) is 1.89. The summed E-state index contributed by atoms with van der Waals surface area (Å²) in [6.07, 6.45) is 0. The maximum atomic E-state index is 13.1. The zero-order valence-electron chi connectivity index (χ0n) is 11.3. The minimum Gasteiger partial charge on any atom is -0.358 e. The molecule has 2 aromatic carbocycles. The van der Waals surface area contributed by atoms with Crippen molar-refractivity contribution >= 4 is 17.3 Å². The summed E-state index contributed by atoms with van der Waals surface area (Å²) >= 11 is 5.33. The molecule has 0 atom stereocenters. The van der Waals surface area contributed by atoms with Gasteiger partial charge in [-0.15, -0.1) is 0 Å². The van der Waals surface area contributed by atoms with Gasteiger partial charge < -0.3 is 10.2 Å². The van der Waals surface area contributed by atoms with Crippen molar-refractivity contribution in [2.24, 2.45) is 0 Å². The third-order valence-electron chi connectivity index (χ3n) is 2.94. The molecule has 2 rings (SSSR count). The minimum absolute atomic E-state index is 0.223. The van der Waals surface area contributed by atoms with Gasteiger partial charge in [0.2, 0.25) is 0 Å². The molecule has 104 valence electrons. The van der Waals surface area contributed by atoms with Crippen LogP contribution in [0.5, 0.6) is 0 Å². The Morgan fingerprint density at radius 3 is 2.50 bits per heavy atom. The van der Waals surface area contributed by atoms with E-state index in [0.717, 1.165) is 5.56 Å². The smallest absolute Gasteiger partial charge is 0.169 e. The number of nitrogens with zero attached hydrogens (tertiary/aromatic N) is 1. The third-order valence-corrected chi connectivity index (χ3v) is 3.40. The van der Waals surface area contributed by atoms with Gasteiger partial charge in [0.1, 0.15) is 5.82 Å². The fourth-order valence-electron chi connectivity index (χ4n) is 1.89. The quantitative estimate of drug-likeness (QED) is 0.869. The lowest BCUT2D eigenvalue weighted by Gasteiger charge is -2.21. The number of nitrogens with one attached hydrogen (secondary N) is 1. The lowest BCUT2D eigenvalue weighted by molar-refractivity contribution is 0.486. The Kier molecular flexibility index (Phi) is 5.07. The number of benzene rings is 2. The molecule has 0 radical (unpaired) electrons. The van der Waals surface area contributed by atoms with Crippen molar-refractivity contribution < 1.29 is 4.39 Å². The Balaban J connectivity index is 1.86. The van der Waals surface area contributed by atoms with E-state index in [1.807, 2.05) is 48.3 Å². The lowest BCUT2D eigenvalue weighted by atomic mass is 10.2. The van der Waals surface area contributed by atoms with Crippen molar-refractivity contribution in [3.8, 4) is 0 Å². The van der Waals surface area contributed by atoms with Crippen LogP contribution in [-0.4, -0.2) is 17.1 Å². The first-order chi connectivity index (χ1) is 9.65. The molecule has 20 heavy (non-hydrogen) atoms. The van der Waals surface area contributed by atoms with E-state index in [1.165, 1.54) is 17.7 Å².